The van der Waals surface area contributed by atoms with Crippen LogP contribution in [0.25, 0.3) is 10.6 Å². The highest BCUT2D eigenvalue weighted by Crippen LogP contribution is 2.33. The normalized spacial score (nSPS) is 16.4. The van der Waals surface area contributed by atoms with Gasteiger partial charge in [0.05, 0.1) is 26.0 Å². The Morgan fingerprint density at radius 3 is 2.76 bits per heavy atom. The predicted molar refractivity (Wildman–Crippen MR) is 118 cm³/mol. The summed E-state index contributed by atoms with van der Waals surface area (Å²) >= 11 is 3.47. The molecular weight excluding hydrogens is 404 g/mol. The summed E-state index contributed by atoms with van der Waals surface area (Å²) in [5.41, 5.74) is 2.14. The minimum atomic E-state index is 0.332. The van der Waals surface area contributed by atoms with Crippen LogP contribution in [0.2, 0.25) is 0 Å². The van der Waals surface area contributed by atoms with Crippen molar-refractivity contribution in [3.8, 4) is 22.1 Å². The molecule has 0 amide bonds. The Labute approximate surface area is 179 Å². The number of benzene rings is 1. The van der Waals surface area contributed by atoms with Crippen molar-refractivity contribution >= 4 is 22.7 Å². The summed E-state index contributed by atoms with van der Waals surface area (Å²) in [4.78, 5) is 8.73. The Kier molecular flexibility index (Phi) is 6.82. The molecule has 1 atom stereocenters. The van der Waals surface area contributed by atoms with Gasteiger partial charge >= 0.3 is 0 Å². The topological polar surface area (TPSA) is 43.8 Å². The number of rotatable bonds is 9. The van der Waals surface area contributed by atoms with E-state index in [9.17, 15) is 0 Å². The molecule has 1 aromatic carbocycles. The maximum Gasteiger partial charge on any atom is 0.161 e. The molecule has 7 heteroatoms. The molecule has 3 heterocycles. The fourth-order valence-electron chi connectivity index (χ4n) is 3.59. The lowest BCUT2D eigenvalue weighted by molar-refractivity contribution is 0.0679. The van der Waals surface area contributed by atoms with Gasteiger partial charge in [-0.2, -0.15) is 0 Å². The highest BCUT2D eigenvalue weighted by Gasteiger charge is 2.21. The lowest BCUT2D eigenvalue weighted by Crippen LogP contribution is -2.31. The maximum atomic E-state index is 5.88. The first-order valence-corrected chi connectivity index (χ1v) is 11.5. The van der Waals surface area contributed by atoms with Crippen LogP contribution in [-0.4, -0.2) is 43.4 Å². The van der Waals surface area contributed by atoms with E-state index in [1.165, 1.54) is 4.88 Å². The van der Waals surface area contributed by atoms with Crippen LogP contribution in [0.15, 0.2) is 41.1 Å². The molecule has 0 aliphatic carbocycles. The predicted octanol–water partition coefficient (Wildman–Crippen LogP) is 5.07. The Hall–Kier alpha value is -1.93. The van der Waals surface area contributed by atoms with E-state index in [-0.39, 0.29) is 0 Å². The van der Waals surface area contributed by atoms with E-state index < -0.39 is 0 Å². The molecule has 1 saturated heterocycles. The third-order valence-electron chi connectivity index (χ3n) is 5.01. The zero-order chi connectivity index (χ0) is 20.1. The van der Waals surface area contributed by atoms with Crippen molar-refractivity contribution < 1.29 is 14.2 Å². The number of hydrogen-bond donors (Lipinski definition) is 0. The maximum absolute atomic E-state index is 5.88. The molecule has 0 saturated carbocycles. The summed E-state index contributed by atoms with van der Waals surface area (Å²) in [6, 6.07) is 10.2. The molecule has 1 fully saturated rings. The van der Waals surface area contributed by atoms with Crippen molar-refractivity contribution in [2.75, 3.05) is 27.4 Å². The molecule has 4 rings (SSSR count). The molecule has 0 radical (unpaired) electrons. The molecule has 3 aromatic rings. The molecule has 5 nitrogen and oxygen atoms in total. The van der Waals surface area contributed by atoms with Crippen LogP contribution in [0.5, 0.6) is 11.5 Å². The van der Waals surface area contributed by atoms with Crippen molar-refractivity contribution in [1.82, 2.24) is 9.88 Å². The minimum absolute atomic E-state index is 0.332. The van der Waals surface area contributed by atoms with E-state index in [1.807, 2.05) is 18.2 Å². The van der Waals surface area contributed by atoms with Gasteiger partial charge in [-0.15, -0.1) is 22.7 Å². The van der Waals surface area contributed by atoms with E-state index in [2.05, 4.69) is 27.8 Å². The number of aromatic nitrogens is 1. The van der Waals surface area contributed by atoms with Crippen LogP contribution in [0, 0.1) is 0 Å². The summed E-state index contributed by atoms with van der Waals surface area (Å²) in [6.45, 7) is 3.58. The van der Waals surface area contributed by atoms with E-state index in [0.29, 0.717) is 6.10 Å². The van der Waals surface area contributed by atoms with Gasteiger partial charge in [-0.25, -0.2) is 4.98 Å². The highest BCUT2D eigenvalue weighted by molar-refractivity contribution is 7.13. The third-order valence-corrected chi connectivity index (χ3v) is 6.81. The van der Waals surface area contributed by atoms with Crippen molar-refractivity contribution in [2.45, 2.75) is 32.0 Å². The van der Waals surface area contributed by atoms with Gasteiger partial charge in [-0.1, -0.05) is 6.07 Å². The summed E-state index contributed by atoms with van der Waals surface area (Å²) in [5.74, 6) is 1.45. The average Bonchev–Trinajstić information content (AvgIpc) is 3.51. The van der Waals surface area contributed by atoms with Gasteiger partial charge in [-0.05, 0) is 42.5 Å². The van der Waals surface area contributed by atoms with Crippen LogP contribution >= 0.6 is 22.7 Å². The van der Waals surface area contributed by atoms with Crippen molar-refractivity contribution in [2.24, 2.45) is 0 Å². The third kappa shape index (κ3) is 5.17. The molecule has 154 valence electrons. The molecule has 0 bridgehead atoms. The molecule has 2 aromatic heterocycles. The van der Waals surface area contributed by atoms with E-state index in [4.69, 9.17) is 19.2 Å². The van der Waals surface area contributed by atoms with Crippen LogP contribution in [0.3, 0.4) is 0 Å². The summed E-state index contributed by atoms with van der Waals surface area (Å²) in [7, 11) is 3.30. The van der Waals surface area contributed by atoms with Crippen molar-refractivity contribution in [3.05, 3.63) is 51.7 Å². The monoisotopic (exact) mass is 430 g/mol. The van der Waals surface area contributed by atoms with Crippen LogP contribution in [-0.2, 0) is 17.8 Å². The smallest absolute Gasteiger partial charge is 0.161 e. The first-order valence-electron chi connectivity index (χ1n) is 9.78. The zero-order valence-corrected chi connectivity index (χ0v) is 18.4. The molecule has 0 spiro atoms. The van der Waals surface area contributed by atoms with Gasteiger partial charge in [-0.3, -0.25) is 4.90 Å². The Balaban J connectivity index is 1.49. The molecule has 0 N–H and O–H groups in total. The number of nitrogens with zero attached hydrogens (tertiary/aromatic N) is 2. The number of ether oxygens (including phenoxy) is 3. The van der Waals surface area contributed by atoms with E-state index in [0.717, 1.165) is 66.8 Å². The van der Waals surface area contributed by atoms with Crippen molar-refractivity contribution in [1.29, 1.82) is 0 Å². The molecule has 0 unspecified atom stereocenters. The molecular formula is C22H26N2O3S2. The van der Waals surface area contributed by atoms with E-state index in [1.54, 1.807) is 36.9 Å². The zero-order valence-electron chi connectivity index (χ0n) is 16.8. The number of thiazole rings is 1. The van der Waals surface area contributed by atoms with Gasteiger partial charge in [0.1, 0.15) is 5.01 Å². The van der Waals surface area contributed by atoms with Gasteiger partial charge in [0.2, 0.25) is 0 Å². The largest absolute Gasteiger partial charge is 0.493 e. The molecule has 29 heavy (non-hydrogen) atoms. The minimum Gasteiger partial charge on any atom is -0.493 e. The Morgan fingerprint density at radius 1 is 1.14 bits per heavy atom. The lowest BCUT2D eigenvalue weighted by Gasteiger charge is -2.24. The Morgan fingerprint density at radius 2 is 2.03 bits per heavy atom. The van der Waals surface area contributed by atoms with Gasteiger partial charge in [0.25, 0.3) is 0 Å². The average molecular weight is 431 g/mol. The fourth-order valence-corrected chi connectivity index (χ4v) is 5.15. The first kappa shape index (κ1) is 20.3. The quantitative estimate of drug-likeness (QED) is 0.474. The second kappa shape index (κ2) is 9.71. The highest BCUT2D eigenvalue weighted by atomic mass is 32.1. The molecule has 1 aliphatic heterocycles. The Bertz CT molecular complexity index is 905. The first-order chi connectivity index (χ1) is 14.2. The van der Waals surface area contributed by atoms with Crippen LogP contribution in [0.4, 0.5) is 0 Å². The summed E-state index contributed by atoms with van der Waals surface area (Å²) in [6.07, 6.45) is 2.64. The summed E-state index contributed by atoms with van der Waals surface area (Å²) in [5, 5.41) is 5.29. The van der Waals surface area contributed by atoms with Gasteiger partial charge < -0.3 is 14.2 Å². The number of hydrogen-bond acceptors (Lipinski definition) is 7. The summed E-state index contributed by atoms with van der Waals surface area (Å²) < 4.78 is 16.7. The van der Waals surface area contributed by atoms with Gasteiger partial charge in [0, 0.05) is 42.1 Å². The second-order valence-electron chi connectivity index (χ2n) is 7.10. The van der Waals surface area contributed by atoms with Crippen molar-refractivity contribution in [3.63, 3.8) is 0 Å². The van der Waals surface area contributed by atoms with Crippen LogP contribution < -0.4 is 9.47 Å². The standard InChI is InChI=1S/C22H26N2O3S2/c1-25-20-8-7-16(11-21(20)26-2)22-23-17(15-29-22)12-24(13-18-5-3-9-27-18)14-19-6-4-10-28-19/h4,6-8,10-11,15,18H,3,5,9,12-14H2,1-2H3/t18-/m0/s1. The number of methoxy groups -OCH3 is 2. The number of thiophene rings is 1. The SMILES string of the molecule is COc1ccc(-c2nc(CN(Cc3cccs3)C[C@@H]3CCCO3)cs2)cc1OC. The fraction of sp³-hybridized carbons (Fsp3) is 0.409. The second-order valence-corrected chi connectivity index (χ2v) is 8.99. The van der Waals surface area contributed by atoms with Gasteiger partial charge in [0.15, 0.2) is 11.5 Å². The van der Waals surface area contributed by atoms with E-state index >= 15 is 0 Å². The lowest BCUT2D eigenvalue weighted by atomic mass is 10.2. The molecule has 1 aliphatic rings. The van der Waals surface area contributed by atoms with Crippen LogP contribution in [0.1, 0.15) is 23.4 Å².